The molecule has 0 saturated heterocycles. The number of urea groups is 1. The summed E-state index contributed by atoms with van der Waals surface area (Å²) >= 11 is 1.63. The Kier molecular flexibility index (Phi) is 8.26. The van der Waals surface area contributed by atoms with Crippen LogP contribution in [-0.2, 0) is 17.8 Å². The molecule has 3 N–H and O–H groups in total. The summed E-state index contributed by atoms with van der Waals surface area (Å²) in [6, 6.07) is 6.92. The fraction of sp³-hybridized carbons (Fsp3) is 0.400. The molecule has 2 atom stereocenters. The maximum absolute atomic E-state index is 12.9. The van der Waals surface area contributed by atoms with Crippen LogP contribution in [0.4, 0.5) is 9.18 Å². The zero-order valence-electron chi connectivity index (χ0n) is 15.6. The van der Waals surface area contributed by atoms with E-state index in [2.05, 4.69) is 21.3 Å². The van der Waals surface area contributed by atoms with Crippen LogP contribution < -0.4 is 16.0 Å². The average molecular weight is 392 g/mol. The van der Waals surface area contributed by atoms with Crippen molar-refractivity contribution in [2.24, 2.45) is 0 Å². The van der Waals surface area contributed by atoms with E-state index < -0.39 is 12.1 Å². The molecular weight excluding hydrogens is 365 g/mol. The van der Waals surface area contributed by atoms with Crippen LogP contribution in [0.1, 0.15) is 37.8 Å². The summed E-state index contributed by atoms with van der Waals surface area (Å²) in [5.74, 6) is -0.504. The quantitative estimate of drug-likeness (QED) is 0.611. The third kappa shape index (κ3) is 7.38. The van der Waals surface area contributed by atoms with Crippen molar-refractivity contribution in [1.29, 1.82) is 0 Å². The molecule has 1 aromatic heterocycles. The van der Waals surface area contributed by atoms with E-state index >= 15 is 0 Å². The van der Waals surface area contributed by atoms with Gasteiger partial charge in [0.1, 0.15) is 11.9 Å². The molecule has 27 heavy (non-hydrogen) atoms. The van der Waals surface area contributed by atoms with E-state index in [4.69, 9.17) is 0 Å². The van der Waals surface area contributed by atoms with Crippen molar-refractivity contribution in [3.63, 3.8) is 0 Å². The lowest BCUT2D eigenvalue weighted by Crippen LogP contribution is -2.51. The number of carbonyl (C=O) groups is 2. The third-order valence-corrected chi connectivity index (χ3v) is 4.81. The highest BCUT2D eigenvalue weighted by Gasteiger charge is 2.21. The minimum absolute atomic E-state index is 0.0180. The van der Waals surface area contributed by atoms with Crippen LogP contribution in [0.3, 0.4) is 0 Å². The van der Waals surface area contributed by atoms with Crippen LogP contribution in [0.2, 0.25) is 0 Å². The van der Waals surface area contributed by atoms with Crippen LogP contribution in [0.15, 0.2) is 41.1 Å². The minimum atomic E-state index is -0.590. The molecule has 1 aromatic carbocycles. The largest absolute Gasteiger partial charge is 0.352 e. The highest BCUT2D eigenvalue weighted by molar-refractivity contribution is 7.07. The van der Waals surface area contributed by atoms with Crippen LogP contribution in [0.25, 0.3) is 0 Å². The molecule has 2 unspecified atom stereocenters. The Morgan fingerprint density at radius 3 is 2.48 bits per heavy atom. The Hall–Kier alpha value is -2.41. The van der Waals surface area contributed by atoms with Crippen molar-refractivity contribution in [2.75, 3.05) is 0 Å². The molecule has 2 rings (SSSR count). The molecule has 0 radical (unpaired) electrons. The van der Waals surface area contributed by atoms with E-state index in [-0.39, 0.29) is 24.3 Å². The molecule has 7 heteroatoms. The second-order valence-corrected chi connectivity index (χ2v) is 7.32. The summed E-state index contributed by atoms with van der Waals surface area (Å²) in [6.07, 6.45) is 2.08. The van der Waals surface area contributed by atoms with Gasteiger partial charge in [0.25, 0.3) is 0 Å². The van der Waals surface area contributed by atoms with Gasteiger partial charge in [-0.05, 0) is 59.9 Å². The Bertz CT molecular complexity index is 719. The summed E-state index contributed by atoms with van der Waals surface area (Å²) in [6.45, 7) is 4.18. The number of hydrogen-bond acceptors (Lipinski definition) is 3. The summed E-state index contributed by atoms with van der Waals surface area (Å²) in [7, 11) is 0. The SMILES string of the molecule is CCCC(NC(=O)NCc1ccc(F)cc1)C(=O)NC(C)Cc1ccsc1. The Labute approximate surface area is 163 Å². The van der Waals surface area contributed by atoms with Crippen molar-refractivity contribution in [1.82, 2.24) is 16.0 Å². The highest BCUT2D eigenvalue weighted by Crippen LogP contribution is 2.09. The monoisotopic (exact) mass is 391 g/mol. The number of nitrogens with one attached hydrogen (secondary N) is 3. The first-order valence-electron chi connectivity index (χ1n) is 9.08. The first kappa shape index (κ1) is 20.9. The van der Waals surface area contributed by atoms with Gasteiger partial charge in [-0.1, -0.05) is 25.5 Å². The zero-order chi connectivity index (χ0) is 19.6. The zero-order valence-corrected chi connectivity index (χ0v) is 16.4. The fourth-order valence-electron chi connectivity index (χ4n) is 2.71. The molecule has 0 aliphatic heterocycles. The third-order valence-electron chi connectivity index (χ3n) is 4.08. The van der Waals surface area contributed by atoms with Crippen LogP contribution >= 0.6 is 11.3 Å². The van der Waals surface area contributed by atoms with Gasteiger partial charge in [-0.3, -0.25) is 4.79 Å². The van der Waals surface area contributed by atoms with Gasteiger partial charge in [-0.25, -0.2) is 9.18 Å². The van der Waals surface area contributed by atoms with Gasteiger partial charge in [0.05, 0.1) is 0 Å². The Morgan fingerprint density at radius 1 is 1.11 bits per heavy atom. The first-order valence-corrected chi connectivity index (χ1v) is 10.0. The fourth-order valence-corrected chi connectivity index (χ4v) is 3.39. The van der Waals surface area contributed by atoms with Gasteiger partial charge in [0, 0.05) is 12.6 Å². The molecule has 5 nitrogen and oxygen atoms in total. The Balaban J connectivity index is 1.82. The summed E-state index contributed by atoms with van der Waals surface area (Å²) in [5, 5.41) is 12.5. The van der Waals surface area contributed by atoms with Gasteiger partial charge in [0.2, 0.25) is 5.91 Å². The van der Waals surface area contributed by atoms with Crippen molar-refractivity contribution >= 4 is 23.3 Å². The van der Waals surface area contributed by atoms with Gasteiger partial charge in [-0.2, -0.15) is 11.3 Å². The number of rotatable bonds is 9. The van der Waals surface area contributed by atoms with Gasteiger partial charge in [0.15, 0.2) is 0 Å². The van der Waals surface area contributed by atoms with Crippen LogP contribution in [0, 0.1) is 5.82 Å². The molecule has 0 spiro atoms. The number of thiophene rings is 1. The first-order chi connectivity index (χ1) is 13.0. The minimum Gasteiger partial charge on any atom is -0.352 e. The van der Waals surface area contributed by atoms with Crippen molar-refractivity contribution < 1.29 is 14.0 Å². The lowest BCUT2D eigenvalue weighted by Gasteiger charge is -2.21. The molecule has 3 amide bonds. The number of hydrogen-bond donors (Lipinski definition) is 3. The molecule has 0 aliphatic carbocycles. The topological polar surface area (TPSA) is 70.2 Å². The van der Waals surface area contributed by atoms with E-state index in [1.807, 2.05) is 25.3 Å². The molecule has 0 aliphatic rings. The molecular formula is C20H26FN3O2S. The summed E-state index contributed by atoms with van der Waals surface area (Å²) in [5.41, 5.74) is 1.97. The van der Waals surface area contributed by atoms with Crippen molar-refractivity contribution in [3.8, 4) is 0 Å². The maximum atomic E-state index is 12.9. The van der Waals surface area contributed by atoms with Gasteiger partial charge < -0.3 is 16.0 Å². The predicted octanol–water partition coefficient (Wildman–Crippen LogP) is 3.60. The van der Waals surface area contributed by atoms with Crippen LogP contribution in [-0.4, -0.2) is 24.0 Å². The predicted molar refractivity (Wildman–Crippen MR) is 106 cm³/mol. The van der Waals surface area contributed by atoms with Crippen molar-refractivity contribution in [3.05, 3.63) is 58.0 Å². The lowest BCUT2D eigenvalue weighted by atomic mass is 10.1. The smallest absolute Gasteiger partial charge is 0.315 e. The molecule has 146 valence electrons. The number of halogens is 1. The van der Waals surface area contributed by atoms with E-state index in [9.17, 15) is 14.0 Å². The summed E-state index contributed by atoms with van der Waals surface area (Å²) < 4.78 is 12.9. The maximum Gasteiger partial charge on any atom is 0.315 e. The standard InChI is InChI=1S/C20H26FN3O2S/c1-3-4-18(19(25)23-14(2)11-16-9-10-27-13-16)24-20(26)22-12-15-5-7-17(21)8-6-15/h5-10,13-14,18H,3-4,11-12H2,1-2H3,(H,23,25)(H2,22,24,26). The van der Waals surface area contributed by atoms with E-state index in [0.717, 1.165) is 18.4 Å². The second-order valence-electron chi connectivity index (χ2n) is 6.54. The van der Waals surface area contributed by atoms with E-state index in [1.54, 1.807) is 23.5 Å². The average Bonchev–Trinajstić information content (AvgIpc) is 3.13. The normalized spacial score (nSPS) is 12.9. The number of benzene rings is 1. The second kappa shape index (κ2) is 10.7. The Morgan fingerprint density at radius 2 is 1.85 bits per heavy atom. The van der Waals surface area contributed by atoms with E-state index in [0.29, 0.717) is 6.42 Å². The molecule has 0 bridgehead atoms. The number of amides is 3. The highest BCUT2D eigenvalue weighted by atomic mass is 32.1. The molecule has 0 fully saturated rings. The van der Waals surface area contributed by atoms with E-state index in [1.165, 1.54) is 17.7 Å². The van der Waals surface area contributed by atoms with Crippen LogP contribution in [0.5, 0.6) is 0 Å². The summed E-state index contributed by atoms with van der Waals surface area (Å²) in [4.78, 5) is 24.7. The van der Waals surface area contributed by atoms with Gasteiger partial charge in [-0.15, -0.1) is 0 Å². The lowest BCUT2D eigenvalue weighted by molar-refractivity contribution is -0.123. The number of carbonyl (C=O) groups excluding carboxylic acids is 2. The molecule has 1 heterocycles. The van der Waals surface area contributed by atoms with Gasteiger partial charge >= 0.3 is 6.03 Å². The van der Waals surface area contributed by atoms with Crippen molar-refractivity contribution in [2.45, 2.75) is 51.7 Å². The molecule has 0 saturated carbocycles. The molecule has 2 aromatic rings.